The number of hydrogen-bond acceptors (Lipinski definition) is 2. The number of carboxylic acids is 1. The molecule has 0 spiro atoms. The monoisotopic (exact) mass is 392 g/mol. The quantitative estimate of drug-likeness (QED) is 0.486. The molecule has 0 aliphatic rings. The third kappa shape index (κ3) is 3.82. The summed E-state index contributed by atoms with van der Waals surface area (Å²) in [7, 11) is 0. The molecule has 3 aromatic rings. The van der Waals surface area contributed by atoms with Crippen molar-refractivity contribution in [2.24, 2.45) is 5.73 Å². The van der Waals surface area contributed by atoms with E-state index in [-0.39, 0.29) is 5.92 Å². The summed E-state index contributed by atoms with van der Waals surface area (Å²) in [6.45, 7) is 10.7. The molecule has 0 bridgehead atoms. The fraction of sp³-hybridized carbons (Fsp3) is 0.400. The van der Waals surface area contributed by atoms with E-state index >= 15 is 0 Å². The van der Waals surface area contributed by atoms with Gasteiger partial charge in [-0.1, -0.05) is 43.5 Å². The lowest BCUT2D eigenvalue weighted by Crippen LogP contribution is -2.32. The van der Waals surface area contributed by atoms with Gasteiger partial charge in [0.15, 0.2) is 0 Å². The summed E-state index contributed by atoms with van der Waals surface area (Å²) in [4.78, 5) is 15.7. The van der Waals surface area contributed by atoms with Crippen molar-refractivity contribution in [3.63, 3.8) is 0 Å². The fourth-order valence-electron chi connectivity index (χ4n) is 4.41. The van der Waals surface area contributed by atoms with E-state index in [9.17, 15) is 9.90 Å². The Hall–Kier alpha value is -2.59. The molecule has 0 saturated carbocycles. The summed E-state index contributed by atoms with van der Waals surface area (Å²) in [6, 6.07) is 12.6. The van der Waals surface area contributed by atoms with Gasteiger partial charge in [-0.3, -0.25) is 4.79 Å². The Morgan fingerprint density at radius 2 is 1.83 bits per heavy atom. The molecule has 0 amide bonds. The van der Waals surface area contributed by atoms with Gasteiger partial charge in [0, 0.05) is 10.9 Å². The van der Waals surface area contributed by atoms with Crippen molar-refractivity contribution >= 4 is 16.9 Å². The summed E-state index contributed by atoms with van der Waals surface area (Å²) in [6.07, 6.45) is 1.41. The summed E-state index contributed by atoms with van der Waals surface area (Å²) in [5, 5.41) is 11.0. The SMILES string of the molecule is CCCC(C)(C(=O)O)c1ccc2[nH]c(-c3cc(C)cc(C)c3)c(C(C)CN)c2c1. The van der Waals surface area contributed by atoms with Crippen LogP contribution in [0.5, 0.6) is 0 Å². The van der Waals surface area contributed by atoms with E-state index < -0.39 is 11.4 Å². The van der Waals surface area contributed by atoms with Crippen molar-refractivity contribution in [3.8, 4) is 11.3 Å². The van der Waals surface area contributed by atoms with Crippen LogP contribution >= 0.6 is 0 Å². The van der Waals surface area contributed by atoms with Crippen molar-refractivity contribution in [2.45, 2.75) is 58.8 Å². The first-order chi connectivity index (χ1) is 13.7. The molecule has 0 saturated heterocycles. The van der Waals surface area contributed by atoms with Crippen molar-refractivity contribution in [3.05, 3.63) is 58.7 Å². The maximum Gasteiger partial charge on any atom is 0.313 e. The minimum atomic E-state index is -0.899. The fourth-order valence-corrected chi connectivity index (χ4v) is 4.41. The number of carboxylic acid groups (broad SMARTS) is 1. The lowest BCUT2D eigenvalue weighted by atomic mass is 9.78. The number of aromatic nitrogens is 1. The van der Waals surface area contributed by atoms with Crippen LogP contribution in [0.3, 0.4) is 0 Å². The predicted molar refractivity (Wildman–Crippen MR) is 121 cm³/mol. The number of aryl methyl sites for hydroxylation is 2. The van der Waals surface area contributed by atoms with Crippen LogP contribution in [0.25, 0.3) is 22.2 Å². The smallest absolute Gasteiger partial charge is 0.313 e. The van der Waals surface area contributed by atoms with E-state index in [0.717, 1.165) is 34.1 Å². The molecule has 2 unspecified atom stereocenters. The second-order valence-corrected chi connectivity index (χ2v) is 8.57. The number of aliphatic carboxylic acids is 1. The Labute approximate surface area is 173 Å². The first kappa shape index (κ1) is 21.1. The van der Waals surface area contributed by atoms with Crippen molar-refractivity contribution in [2.75, 3.05) is 6.54 Å². The Bertz CT molecular complexity index is 1030. The molecule has 1 aromatic heterocycles. The van der Waals surface area contributed by atoms with Crippen LogP contribution in [0.15, 0.2) is 36.4 Å². The highest BCUT2D eigenvalue weighted by atomic mass is 16.4. The average molecular weight is 393 g/mol. The van der Waals surface area contributed by atoms with Crippen LogP contribution in [0.4, 0.5) is 0 Å². The molecule has 1 heterocycles. The molecule has 4 heteroatoms. The molecular formula is C25H32N2O2. The maximum atomic E-state index is 12.1. The zero-order chi connectivity index (χ0) is 21.3. The normalized spacial score (nSPS) is 14.7. The molecule has 0 aliphatic heterocycles. The lowest BCUT2D eigenvalue weighted by molar-refractivity contribution is -0.143. The third-order valence-electron chi connectivity index (χ3n) is 6.05. The van der Waals surface area contributed by atoms with Gasteiger partial charge in [0.25, 0.3) is 0 Å². The highest BCUT2D eigenvalue weighted by Crippen LogP contribution is 2.39. The summed E-state index contributed by atoms with van der Waals surface area (Å²) in [5.74, 6) is -0.630. The van der Waals surface area contributed by atoms with Gasteiger partial charge < -0.3 is 15.8 Å². The van der Waals surface area contributed by atoms with Crippen molar-refractivity contribution in [1.29, 1.82) is 0 Å². The van der Waals surface area contributed by atoms with Gasteiger partial charge in [0.1, 0.15) is 0 Å². The van der Waals surface area contributed by atoms with Gasteiger partial charge in [-0.2, -0.15) is 0 Å². The highest BCUT2D eigenvalue weighted by Gasteiger charge is 2.34. The van der Waals surface area contributed by atoms with Crippen molar-refractivity contribution < 1.29 is 9.90 Å². The number of aromatic amines is 1. The van der Waals surface area contributed by atoms with Crippen LogP contribution in [0, 0.1) is 13.8 Å². The van der Waals surface area contributed by atoms with Gasteiger partial charge in [-0.25, -0.2) is 0 Å². The maximum absolute atomic E-state index is 12.1. The number of H-pyrrole nitrogens is 1. The van der Waals surface area contributed by atoms with Gasteiger partial charge >= 0.3 is 5.97 Å². The Morgan fingerprint density at radius 1 is 1.17 bits per heavy atom. The number of rotatable bonds is 7. The first-order valence-electron chi connectivity index (χ1n) is 10.4. The predicted octanol–water partition coefficient (Wildman–Crippen LogP) is 5.66. The number of nitrogens with one attached hydrogen (secondary N) is 1. The minimum Gasteiger partial charge on any atom is -0.481 e. The Kier molecular flexibility index (Phi) is 5.85. The molecule has 4 nitrogen and oxygen atoms in total. The molecule has 0 aliphatic carbocycles. The number of carbonyl (C=O) groups is 1. The molecule has 2 aromatic carbocycles. The second-order valence-electron chi connectivity index (χ2n) is 8.57. The highest BCUT2D eigenvalue weighted by molar-refractivity contribution is 5.93. The van der Waals surface area contributed by atoms with Crippen LogP contribution in [-0.4, -0.2) is 22.6 Å². The Balaban J connectivity index is 2.29. The summed E-state index contributed by atoms with van der Waals surface area (Å²) in [5.41, 5.74) is 12.8. The van der Waals surface area contributed by atoms with Gasteiger partial charge in [0.2, 0.25) is 0 Å². The molecule has 4 N–H and O–H groups in total. The number of fused-ring (bicyclic) bond motifs is 1. The molecule has 29 heavy (non-hydrogen) atoms. The van der Waals surface area contributed by atoms with E-state index in [1.807, 2.05) is 26.0 Å². The summed E-state index contributed by atoms with van der Waals surface area (Å²) >= 11 is 0. The van der Waals surface area contributed by atoms with Gasteiger partial charge in [-0.05, 0) is 80.6 Å². The van der Waals surface area contributed by atoms with Gasteiger partial charge in [0.05, 0.1) is 11.1 Å². The third-order valence-corrected chi connectivity index (χ3v) is 6.05. The van der Waals surface area contributed by atoms with Crippen LogP contribution < -0.4 is 5.73 Å². The van der Waals surface area contributed by atoms with E-state index in [1.54, 1.807) is 0 Å². The Morgan fingerprint density at radius 3 is 2.38 bits per heavy atom. The lowest BCUT2D eigenvalue weighted by Gasteiger charge is -2.25. The van der Waals surface area contributed by atoms with E-state index in [4.69, 9.17) is 5.73 Å². The second kappa shape index (κ2) is 8.03. The number of nitrogens with two attached hydrogens (primary N) is 1. The van der Waals surface area contributed by atoms with Crippen LogP contribution in [0.1, 0.15) is 61.8 Å². The van der Waals surface area contributed by atoms with Crippen molar-refractivity contribution in [1.82, 2.24) is 4.98 Å². The topological polar surface area (TPSA) is 79.1 Å². The summed E-state index contributed by atoms with van der Waals surface area (Å²) < 4.78 is 0. The van der Waals surface area contributed by atoms with Gasteiger partial charge in [-0.15, -0.1) is 0 Å². The average Bonchev–Trinajstić information content (AvgIpc) is 3.05. The molecule has 154 valence electrons. The first-order valence-corrected chi connectivity index (χ1v) is 10.4. The number of benzene rings is 2. The zero-order valence-corrected chi connectivity index (χ0v) is 18.1. The standard InChI is InChI=1S/C25H32N2O2/c1-6-9-25(5,24(28)29)19-7-8-21-20(13-19)22(17(4)14-26)23(27-21)18-11-15(2)10-16(3)12-18/h7-8,10-13,17,27H,6,9,14,26H2,1-5H3,(H,28,29). The molecule has 0 fully saturated rings. The molecule has 0 radical (unpaired) electrons. The van der Waals surface area contributed by atoms with E-state index in [1.165, 1.54) is 16.7 Å². The molecular weight excluding hydrogens is 360 g/mol. The van der Waals surface area contributed by atoms with Crippen LogP contribution in [0.2, 0.25) is 0 Å². The molecule has 3 rings (SSSR count). The van der Waals surface area contributed by atoms with E-state index in [2.05, 4.69) is 50.0 Å². The molecule has 2 atom stereocenters. The largest absolute Gasteiger partial charge is 0.481 e. The minimum absolute atomic E-state index is 0.150. The van der Waals surface area contributed by atoms with E-state index in [0.29, 0.717) is 13.0 Å². The van der Waals surface area contributed by atoms with Crippen LogP contribution in [-0.2, 0) is 10.2 Å². The number of hydrogen-bond donors (Lipinski definition) is 3. The zero-order valence-electron chi connectivity index (χ0n) is 18.1.